The van der Waals surface area contributed by atoms with E-state index in [1.807, 2.05) is 142 Å². The van der Waals surface area contributed by atoms with E-state index in [2.05, 4.69) is 0 Å². The van der Waals surface area contributed by atoms with Gasteiger partial charge < -0.3 is 33.5 Å². The lowest BCUT2D eigenvalue weighted by Gasteiger charge is -2.50. The number of benzene rings is 5. The second-order valence-electron chi connectivity index (χ2n) is 14.2. The molecule has 1 aliphatic heterocycles. The van der Waals surface area contributed by atoms with Crippen LogP contribution in [0, 0.1) is 0 Å². The molecule has 276 valence electrons. The average Bonchev–Trinajstić information content (AvgIpc) is 3.17. The molecule has 0 saturated carbocycles. The highest BCUT2D eigenvalue weighted by atomic mass is 16.7. The standard InChI is InChI=1S/C45H48O8/c1-44(2,3)53-43(46)37-24-26-38(27-25-37)45(47)42(51-31-36-22-14-7-15-23-36)41(50-30-35-20-12-6-13-21-35)40(49-29-34-18-10-5-11-19-34)39(52-45)32-48-28-33-16-8-4-9-17-33/h4-27,39-42,47H,28-32H2,1-3H3/t39-,40-,41+,42-,45+/m1/s1. The van der Waals surface area contributed by atoms with Gasteiger partial charge in [-0.1, -0.05) is 133 Å². The molecule has 1 N–H and O–H groups in total. The summed E-state index contributed by atoms with van der Waals surface area (Å²) in [6, 6.07) is 45.9. The molecule has 5 aromatic rings. The summed E-state index contributed by atoms with van der Waals surface area (Å²) in [4.78, 5) is 12.9. The molecule has 1 heterocycles. The van der Waals surface area contributed by atoms with Gasteiger partial charge in [0, 0.05) is 5.56 Å². The van der Waals surface area contributed by atoms with Crippen LogP contribution < -0.4 is 0 Å². The van der Waals surface area contributed by atoms with Crippen LogP contribution in [0.5, 0.6) is 0 Å². The molecule has 0 bridgehead atoms. The summed E-state index contributed by atoms with van der Waals surface area (Å²) >= 11 is 0. The number of hydrogen-bond acceptors (Lipinski definition) is 8. The van der Waals surface area contributed by atoms with Crippen LogP contribution >= 0.6 is 0 Å². The van der Waals surface area contributed by atoms with Crippen LogP contribution in [0.15, 0.2) is 146 Å². The largest absolute Gasteiger partial charge is 0.456 e. The lowest BCUT2D eigenvalue weighted by molar-refractivity contribution is -0.378. The number of ether oxygens (including phenoxy) is 6. The Hall–Kier alpha value is -4.67. The summed E-state index contributed by atoms with van der Waals surface area (Å²) in [5, 5.41) is 12.9. The summed E-state index contributed by atoms with van der Waals surface area (Å²) in [7, 11) is 0. The van der Waals surface area contributed by atoms with E-state index in [0.717, 1.165) is 22.3 Å². The third kappa shape index (κ3) is 10.5. The fourth-order valence-corrected chi connectivity index (χ4v) is 6.27. The summed E-state index contributed by atoms with van der Waals surface area (Å²) in [6.45, 7) is 6.53. The fraction of sp³-hybridized carbons (Fsp3) is 0.311. The van der Waals surface area contributed by atoms with Gasteiger partial charge in [-0.15, -0.1) is 0 Å². The van der Waals surface area contributed by atoms with Gasteiger partial charge in [-0.25, -0.2) is 4.79 Å². The molecule has 8 nitrogen and oxygen atoms in total. The highest BCUT2D eigenvalue weighted by Gasteiger charge is 2.57. The third-order valence-electron chi connectivity index (χ3n) is 8.88. The topological polar surface area (TPSA) is 92.7 Å². The van der Waals surface area contributed by atoms with Crippen LogP contribution in [0.25, 0.3) is 0 Å². The Bertz CT molecular complexity index is 1830. The molecule has 0 spiro atoms. The van der Waals surface area contributed by atoms with Crippen molar-refractivity contribution >= 4 is 5.97 Å². The monoisotopic (exact) mass is 716 g/mol. The summed E-state index contributed by atoms with van der Waals surface area (Å²) in [6.07, 6.45) is -3.44. The Morgan fingerprint density at radius 2 is 1.04 bits per heavy atom. The van der Waals surface area contributed by atoms with E-state index >= 15 is 0 Å². The molecule has 0 aliphatic carbocycles. The SMILES string of the molecule is CC(C)(C)OC(=O)c1ccc([C@]2(O)O[C@H](COCc3ccccc3)[C@@H](OCc3ccccc3)[C@H](OCc3ccccc3)[C@H]2OCc2ccccc2)cc1. The first kappa shape index (κ1) is 38.1. The highest BCUT2D eigenvalue weighted by Crippen LogP contribution is 2.42. The minimum Gasteiger partial charge on any atom is -0.456 e. The molecule has 8 heteroatoms. The lowest BCUT2D eigenvalue weighted by Crippen LogP contribution is -2.65. The van der Waals surface area contributed by atoms with E-state index in [0.29, 0.717) is 17.7 Å². The first-order valence-electron chi connectivity index (χ1n) is 18.0. The molecule has 0 radical (unpaired) electrons. The number of rotatable bonds is 15. The molecule has 1 saturated heterocycles. The van der Waals surface area contributed by atoms with Crippen LogP contribution in [-0.4, -0.2) is 47.7 Å². The van der Waals surface area contributed by atoms with Gasteiger partial charge in [0.05, 0.1) is 38.6 Å². The zero-order valence-corrected chi connectivity index (χ0v) is 30.5. The Morgan fingerprint density at radius 3 is 1.51 bits per heavy atom. The zero-order valence-electron chi connectivity index (χ0n) is 30.5. The second-order valence-corrected chi connectivity index (χ2v) is 14.2. The molecule has 6 rings (SSSR count). The van der Waals surface area contributed by atoms with Crippen molar-refractivity contribution in [3.05, 3.63) is 179 Å². The van der Waals surface area contributed by atoms with Gasteiger partial charge in [-0.2, -0.15) is 0 Å². The molecular weight excluding hydrogens is 668 g/mol. The number of esters is 1. The van der Waals surface area contributed by atoms with E-state index in [-0.39, 0.29) is 26.4 Å². The minimum atomic E-state index is -2.05. The molecule has 0 unspecified atom stereocenters. The van der Waals surface area contributed by atoms with Crippen LogP contribution in [0.4, 0.5) is 0 Å². The van der Waals surface area contributed by atoms with E-state index < -0.39 is 41.8 Å². The van der Waals surface area contributed by atoms with Gasteiger partial charge in [0.15, 0.2) is 0 Å². The molecule has 1 aliphatic rings. The van der Waals surface area contributed by atoms with Gasteiger partial charge in [0.1, 0.15) is 30.0 Å². The van der Waals surface area contributed by atoms with Gasteiger partial charge in [0.2, 0.25) is 5.79 Å². The molecule has 0 amide bonds. The maximum absolute atomic E-state index is 12.9. The smallest absolute Gasteiger partial charge is 0.338 e. The molecule has 5 atom stereocenters. The van der Waals surface area contributed by atoms with Crippen molar-refractivity contribution in [1.29, 1.82) is 0 Å². The predicted octanol–water partition coefficient (Wildman–Crippen LogP) is 8.16. The molecule has 0 aromatic heterocycles. The van der Waals surface area contributed by atoms with E-state index in [1.54, 1.807) is 24.3 Å². The van der Waals surface area contributed by atoms with Crippen molar-refractivity contribution < 1.29 is 38.3 Å². The number of aliphatic hydroxyl groups is 1. The second kappa shape index (κ2) is 17.9. The predicted molar refractivity (Wildman–Crippen MR) is 202 cm³/mol. The van der Waals surface area contributed by atoms with Crippen LogP contribution in [0.2, 0.25) is 0 Å². The molecule has 5 aromatic carbocycles. The number of carbonyl (C=O) groups is 1. The minimum absolute atomic E-state index is 0.0866. The van der Waals surface area contributed by atoms with Gasteiger partial charge in [-0.05, 0) is 55.2 Å². The molecule has 1 fully saturated rings. The van der Waals surface area contributed by atoms with Crippen molar-refractivity contribution in [2.24, 2.45) is 0 Å². The Kier molecular flexibility index (Phi) is 12.9. The number of carbonyl (C=O) groups excluding carboxylic acids is 1. The Morgan fingerprint density at radius 1 is 0.604 bits per heavy atom. The van der Waals surface area contributed by atoms with Gasteiger partial charge >= 0.3 is 5.97 Å². The molecular formula is C45H48O8. The summed E-state index contributed by atoms with van der Waals surface area (Å²) < 4.78 is 38.8. The van der Waals surface area contributed by atoms with E-state index in [4.69, 9.17) is 28.4 Å². The quantitative estimate of drug-likeness (QED) is 0.109. The van der Waals surface area contributed by atoms with Crippen molar-refractivity contribution in [3.63, 3.8) is 0 Å². The third-order valence-corrected chi connectivity index (χ3v) is 8.88. The summed E-state index contributed by atoms with van der Waals surface area (Å²) in [5.41, 5.74) is 3.88. The van der Waals surface area contributed by atoms with Crippen molar-refractivity contribution in [2.75, 3.05) is 6.61 Å². The van der Waals surface area contributed by atoms with E-state index in [1.165, 1.54) is 0 Å². The first-order valence-corrected chi connectivity index (χ1v) is 18.0. The Balaban J connectivity index is 1.39. The first-order chi connectivity index (χ1) is 25.7. The van der Waals surface area contributed by atoms with Crippen molar-refractivity contribution in [3.8, 4) is 0 Å². The zero-order chi connectivity index (χ0) is 37.1. The summed E-state index contributed by atoms with van der Waals surface area (Å²) in [5.74, 6) is -2.51. The van der Waals surface area contributed by atoms with Crippen molar-refractivity contribution in [1.82, 2.24) is 0 Å². The average molecular weight is 717 g/mol. The number of hydrogen-bond donors (Lipinski definition) is 1. The normalized spacial score (nSPS) is 21.6. The Labute approximate surface area is 312 Å². The lowest BCUT2D eigenvalue weighted by atomic mass is 9.87. The van der Waals surface area contributed by atoms with Crippen LogP contribution in [0.3, 0.4) is 0 Å². The van der Waals surface area contributed by atoms with Crippen molar-refractivity contribution in [2.45, 2.75) is 83.0 Å². The van der Waals surface area contributed by atoms with Gasteiger partial charge in [0.25, 0.3) is 0 Å². The fourth-order valence-electron chi connectivity index (χ4n) is 6.27. The highest BCUT2D eigenvalue weighted by molar-refractivity contribution is 5.89. The molecule has 53 heavy (non-hydrogen) atoms. The maximum Gasteiger partial charge on any atom is 0.338 e. The van der Waals surface area contributed by atoms with Crippen LogP contribution in [0.1, 0.15) is 58.9 Å². The van der Waals surface area contributed by atoms with Crippen LogP contribution in [-0.2, 0) is 60.6 Å². The van der Waals surface area contributed by atoms with Gasteiger partial charge in [-0.3, -0.25) is 0 Å². The van der Waals surface area contributed by atoms with E-state index in [9.17, 15) is 9.90 Å². The maximum atomic E-state index is 12.9.